The lowest BCUT2D eigenvalue weighted by molar-refractivity contribution is -0.0842. The molecule has 2 heterocycles. The topological polar surface area (TPSA) is 141 Å². The maximum Gasteiger partial charge on any atom is 0.224 e. The summed E-state index contributed by atoms with van der Waals surface area (Å²) in [5.74, 6) is 0.728. The minimum absolute atomic E-state index is 0.0617. The molecule has 0 spiro atoms. The van der Waals surface area contributed by atoms with Gasteiger partial charge in [-0.1, -0.05) is 0 Å². The van der Waals surface area contributed by atoms with Crippen LogP contribution in [0.4, 0.5) is 23.3 Å². The van der Waals surface area contributed by atoms with Crippen LogP contribution in [0.1, 0.15) is 0 Å². The molecule has 1 aromatic heterocycles. The molecular weight excluding hydrogens is 240 g/mol. The number of nitrogens with two attached hydrogens (primary N) is 2. The Bertz CT molecular complexity index is 429. The fourth-order valence-electron chi connectivity index (χ4n) is 1.63. The summed E-state index contributed by atoms with van der Waals surface area (Å²) >= 11 is 0. The SMILES string of the molecule is CNc1c(N)nc(N)nc1N[C@H]1CO[C@@H](CO)O1. The number of aromatic nitrogens is 2. The number of nitrogen functional groups attached to an aromatic ring is 2. The van der Waals surface area contributed by atoms with Gasteiger partial charge in [-0.2, -0.15) is 9.97 Å². The van der Waals surface area contributed by atoms with E-state index >= 15 is 0 Å². The van der Waals surface area contributed by atoms with Crippen molar-refractivity contribution in [3.8, 4) is 0 Å². The Kier molecular flexibility index (Phi) is 3.65. The van der Waals surface area contributed by atoms with E-state index in [-0.39, 0.29) is 25.0 Å². The molecule has 0 aromatic carbocycles. The van der Waals surface area contributed by atoms with Crippen molar-refractivity contribution in [3.05, 3.63) is 0 Å². The maximum absolute atomic E-state index is 8.88. The molecule has 0 unspecified atom stereocenters. The average Bonchev–Trinajstić information content (AvgIpc) is 2.76. The van der Waals surface area contributed by atoms with E-state index in [4.69, 9.17) is 26.0 Å². The van der Waals surface area contributed by atoms with Gasteiger partial charge in [0.05, 0.1) is 13.2 Å². The number of hydrogen-bond acceptors (Lipinski definition) is 9. The Morgan fingerprint density at radius 3 is 2.83 bits per heavy atom. The molecule has 7 N–H and O–H groups in total. The van der Waals surface area contributed by atoms with E-state index in [0.29, 0.717) is 11.5 Å². The molecule has 18 heavy (non-hydrogen) atoms. The Hall–Kier alpha value is -1.84. The molecule has 1 aromatic rings. The van der Waals surface area contributed by atoms with Crippen molar-refractivity contribution in [1.82, 2.24) is 9.97 Å². The fourth-order valence-corrected chi connectivity index (χ4v) is 1.63. The second-order valence-corrected chi connectivity index (χ2v) is 3.66. The molecule has 9 heteroatoms. The highest BCUT2D eigenvalue weighted by Crippen LogP contribution is 2.27. The molecule has 0 bridgehead atoms. The molecule has 100 valence electrons. The molecule has 0 radical (unpaired) electrons. The quantitative estimate of drug-likeness (QED) is 0.448. The van der Waals surface area contributed by atoms with Crippen LogP contribution in [-0.2, 0) is 9.47 Å². The molecule has 1 fully saturated rings. The second-order valence-electron chi connectivity index (χ2n) is 3.66. The maximum atomic E-state index is 8.88. The highest BCUT2D eigenvalue weighted by Gasteiger charge is 2.26. The lowest BCUT2D eigenvalue weighted by Gasteiger charge is -2.16. The molecule has 1 saturated heterocycles. The molecule has 0 amide bonds. The van der Waals surface area contributed by atoms with Crippen molar-refractivity contribution >= 4 is 23.3 Å². The molecule has 0 saturated carbocycles. The first-order valence-corrected chi connectivity index (χ1v) is 5.39. The van der Waals surface area contributed by atoms with Crippen LogP contribution < -0.4 is 22.1 Å². The molecule has 2 atom stereocenters. The van der Waals surface area contributed by atoms with E-state index in [1.54, 1.807) is 7.05 Å². The third-order valence-electron chi connectivity index (χ3n) is 2.40. The first-order valence-electron chi connectivity index (χ1n) is 5.39. The monoisotopic (exact) mass is 256 g/mol. The molecule has 9 nitrogen and oxygen atoms in total. The summed E-state index contributed by atoms with van der Waals surface area (Å²) in [6.45, 7) is 0.0866. The minimum Gasteiger partial charge on any atom is -0.391 e. The van der Waals surface area contributed by atoms with E-state index in [9.17, 15) is 0 Å². The van der Waals surface area contributed by atoms with Crippen molar-refractivity contribution in [1.29, 1.82) is 0 Å². The van der Waals surface area contributed by atoms with Crippen LogP contribution in [-0.4, -0.2) is 47.9 Å². The van der Waals surface area contributed by atoms with Gasteiger partial charge in [-0.25, -0.2) is 0 Å². The van der Waals surface area contributed by atoms with Crippen LogP contribution in [0.3, 0.4) is 0 Å². The molecule has 1 aliphatic heterocycles. The normalized spacial score (nSPS) is 23.0. The summed E-state index contributed by atoms with van der Waals surface area (Å²) in [6.07, 6.45) is -1.06. The van der Waals surface area contributed by atoms with Gasteiger partial charge in [-0.3, -0.25) is 0 Å². The van der Waals surface area contributed by atoms with Gasteiger partial charge in [0.25, 0.3) is 0 Å². The zero-order valence-corrected chi connectivity index (χ0v) is 9.88. The lowest BCUT2D eigenvalue weighted by atomic mass is 10.4. The predicted molar refractivity (Wildman–Crippen MR) is 65.7 cm³/mol. The Morgan fingerprint density at radius 1 is 1.44 bits per heavy atom. The Labute approximate surface area is 103 Å². The van der Waals surface area contributed by atoms with E-state index in [1.165, 1.54) is 0 Å². The van der Waals surface area contributed by atoms with Crippen LogP contribution in [0, 0.1) is 0 Å². The van der Waals surface area contributed by atoms with Gasteiger partial charge >= 0.3 is 0 Å². The van der Waals surface area contributed by atoms with Gasteiger partial charge in [-0.05, 0) is 0 Å². The first-order chi connectivity index (χ1) is 8.63. The van der Waals surface area contributed by atoms with E-state index in [1.807, 2.05) is 0 Å². The lowest BCUT2D eigenvalue weighted by Crippen LogP contribution is -2.25. The summed E-state index contributed by atoms with van der Waals surface area (Å²) in [5.41, 5.74) is 11.8. The van der Waals surface area contributed by atoms with Gasteiger partial charge in [0.2, 0.25) is 5.95 Å². The third-order valence-corrected chi connectivity index (χ3v) is 2.40. The van der Waals surface area contributed by atoms with Crippen LogP contribution in [0.2, 0.25) is 0 Å². The van der Waals surface area contributed by atoms with Gasteiger partial charge in [-0.15, -0.1) is 0 Å². The molecule has 2 rings (SSSR count). The number of aliphatic hydroxyl groups excluding tert-OH is 1. The number of aliphatic hydroxyl groups is 1. The van der Waals surface area contributed by atoms with Gasteiger partial charge in [0.1, 0.15) is 5.69 Å². The Morgan fingerprint density at radius 2 is 2.22 bits per heavy atom. The van der Waals surface area contributed by atoms with Crippen molar-refractivity contribution in [2.45, 2.75) is 12.5 Å². The molecule has 0 aliphatic carbocycles. The van der Waals surface area contributed by atoms with Gasteiger partial charge in [0.15, 0.2) is 24.2 Å². The van der Waals surface area contributed by atoms with Crippen LogP contribution >= 0.6 is 0 Å². The van der Waals surface area contributed by atoms with Gasteiger partial charge in [0, 0.05) is 7.05 Å². The first kappa shape index (κ1) is 12.6. The summed E-state index contributed by atoms with van der Waals surface area (Å²) in [4.78, 5) is 7.87. The van der Waals surface area contributed by atoms with E-state index in [0.717, 1.165) is 0 Å². The minimum atomic E-state index is -0.628. The van der Waals surface area contributed by atoms with Crippen LogP contribution in [0.5, 0.6) is 0 Å². The number of hydrogen-bond donors (Lipinski definition) is 5. The molecular formula is C9H16N6O3. The van der Waals surface area contributed by atoms with Crippen molar-refractivity contribution in [2.24, 2.45) is 0 Å². The zero-order valence-electron chi connectivity index (χ0n) is 9.88. The Balaban J connectivity index is 2.13. The molecule has 1 aliphatic rings. The summed E-state index contributed by atoms with van der Waals surface area (Å²) in [7, 11) is 1.69. The number of nitrogens with one attached hydrogen (secondary N) is 2. The van der Waals surface area contributed by atoms with Crippen molar-refractivity contribution in [3.63, 3.8) is 0 Å². The standard InChI is InChI=1S/C9H16N6O3/c1-12-6-7(10)14-9(11)15-8(6)13-4-3-17-5(2-16)18-4/h4-5,12,16H,2-3H2,1H3,(H5,10,11,13,14,15)/t4-,5-/m1/s1. The summed E-state index contributed by atoms with van der Waals surface area (Å²) < 4.78 is 10.5. The summed E-state index contributed by atoms with van der Waals surface area (Å²) in [6, 6.07) is 0. The second kappa shape index (κ2) is 5.21. The van der Waals surface area contributed by atoms with Crippen LogP contribution in [0.15, 0.2) is 0 Å². The number of ether oxygens (including phenoxy) is 2. The zero-order chi connectivity index (χ0) is 13.1. The highest BCUT2D eigenvalue weighted by atomic mass is 16.7. The number of nitrogens with zero attached hydrogens (tertiary/aromatic N) is 2. The third kappa shape index (κ3) is 2.53. The highest BCUT2D eigenvalue weighted by molar-refractivity contribution is 5.76. The predicted octanol–water partition coefficient (Wildman–Crippen LogP) is -1.21. The smallest absolute Gasteiger partial charge is 0.224 e. The fraction of sp³-hybridized carbons (Fsp3) is 0.556. The van der Waals surface area contributed by atoms with E-state index in [2.05, 4.69) is 20.6 Å². The van der Waals surface area contributed by atoms with Gasteiger partial charge < -0.3 is 36.7 Å². The van der Waals surface area contributed by atoms with Crippen LogP contribution in [0.25, 0.3) is 0 Å². The summed E-state index contributed by atoms with van der Waals surface area (Å²) in [5, 5.41) is 14.7. The largest absolute Gasteiger partial charge is 0.391 e. The average molecular weight is 256 g/mol. The number of anilines is 4. The van der Waals surface area contributed by atoms with Crippen molar-refractivity contribution in [2.75, 3.05) is 42.4 Å². The van der Waals surface area contributed by atoms with Crippen molar-refractivity contribution < 1.29 is 14.6 Å². The van der Waals surface area contributed by atoms with E-state index < -0.39 is 12.5 Å². The number of rotatable bonds is 4.